The molecule has 0 heterocycles. The summed E-state index contributed by atoms with van der Waals surface area (Å²) in [6, 6.07) is 12.8. The third kappa shape index (κ3) is 5.10. The van der Waals surface area contributed by atoms with Gasteiger partial charge < -0.3 is 5.32 Å². The van der Waals surface area contributed by atoms with Gasteiger partial charge in [0.2, 0.25) is 15.9 Å². The van der Waals surface area contributed by atoms with Crippen molar-refractivity contribution in [3.8, 4) is 0 Å². The molecule has 130 valence electrons. The lowest BCUT2D eigenvalue weighted by Gasteiger charge is -2.04. The van der Waals surface area contributed by atoms with E-state index >= 15 is 0 Å². The van der Waals surface area contributed by atoms with Gasteiger partial charge in [0.05, 0.1) is 4.90 Å². The van der Waals surface area contributed by atoms with Crippen LogP contribution >= 0.6 is 0 Å². The molecule has 1 amide bonds. The maximum atomic E-state index is 12.0. The van der Waals surface area contributed by atoms with Crippen LogP contribution in [0.2, 0.25) is 0 Å². The number of anilines is 1. The minimum Gasteiger partial charge on any atom is -0.322 e. The number of carbonyl (C=O) groups is 2. The summed E-state index contributed by atoms with van der Waals surface area (Å²) in [5.74, 6) is -0.434. The van der Waals surface area contributed by atoms with Crippen molar-refractivity contribution >= 4 is 33.5 Å². The third-order valence-electron chi connectivity index (χ3n) is 3.42. The Morgan fingerprint density at radius 2 is 1.72 bits per heavy atom. The van der Waals surface area contributed by atoms with Gasteiger partial charge in [-0.2, -0.15) is 0 Å². The van der Waals surface area contributed by atoms with Gasteiger partial charge in [-0.15, -0.1) is 0 Å². The molecule has 0 aliphatic heterocycles. The molecule has 0 aliphatic carbocycles. The monoisotopic (exact) mass is 358 g/mol. The summed E-state index contributed by atoms with van der Waals surface area (Å²) in [5.41, 5.74) is 1.73. The second kappa shape index (κ2) is 7.87. The van der Waals surface area contributed by atoms with Crippen LogP contribution in [-0.2, 0) is 14.8 Å². The van der Waals surface area contributed by atoms with E-state index in [1.54, 1.807) is 42.5 Å². The Balaban J connectivity index is 2.05. The highest BCUT2D eigenvalue weighted by Gasteiger charge is 2.09. The molecule has 2 rings (SSSR count). The van der Waals surface area contributed by atoms with Crippen molar-refractivity contribution < 1.29 is 18.0 Å². The molecule has 6 nitrogen and oxygen atoms in total. The first-order valence-corrected chi connectivity index (χ1v) is 8.94. The lowest BCUT2D eigenvalue weighted by Crippen LogP contribution is -2.18. The van der Waals surface area contributed by atoms with Crippen LogP contribution in [0.3, 0.4) is 0 Å². The van der Waals surface area contributed by atoms with E-state index < -0.39 is 10.0 Å². The number of ketones is 1. The SMILES string of the molecule is CNS(=O)(=O)c1ccc(/C=C/C(=O)Nc2cccc(C(C)=O)c2)cc1. The fourth-order valence-corrected chi connectivity index (χ4v) is 2.78. The molecule has 0 fully saturated rings. The van der Waals surface area contributed by atoms with E-state index in [1.165, 1.54) is 32.2 Å². The number of rotatable bonds is 6. The zero-order chi connectivity index (χ0) is 18.4. The van der Waals surface area contributed by atoms with Crippen molar-refractivity contribution in [3.05, 3.63) is 65.7 Å². The van der Waals surface area contributed by atoms with Gasteiger partial charge in [0, 0.05) is 17.3 Å². The maximum Gasteiger partial charge on any atom is 0.248 e. The van der Waals surface area contributed by atoms with E-state index in [1.807, 2.05) is 0 Å². The van der Waals surface area contributed by atoms with E-state index in [0.717, 1.165) is 0 Å². The van der Waals surface area contributed by atoms with Crippen LogP contribution in [0.5, 0.6) is 0 Å². The van der Waals surface area contributed by atoms with Crippen LogP contribution in [0.25, 0.3) is 6.08 Å². The summed E-state index contributed by atoms with van der Waals surface area (Å²) in [4.78, 5) is 23.4. The fourth-order valence-electron chi connectivity index (χ4n) is 2.05. The average molecular weight is 358 g/mol. The normalized spacial score (nSPS) is 11.4. The number of carbonyl (C=O) groups excluding carboxylic acids is 2. The molecule has 0 atom stereocenters. The highest BCUT2D eigenvalue weighted by molar-refractivity contribution is 7.89. The molecule has 2 aromatic rings. The van der Waals surface area contributed by atoms with Crippen molar-refractivity contribution in [2.45, 2.75) is 11.8 Å². The van der Waals surface area contributed by atoms with Crippen molar-refractivity contribution in [1.82, 2.24) is 4.72 Å². The Morgan fingerprint density at radius 1 is 1.04 bits per heavy atom. The second-order valence-corrected chi connectivity index (χ2v) is 7.12. The number of Topliss-reactive ketones (excluding diaryl/α,β-unsaturated/α-hetero) is 1. The number of hydrogen-bond acceptors (Lipinski definition) is 4. The summed E-state index contributed by atoms with van der Waals surface area (Å²) in [5, 5.41) is 2.67. The highest BCUT2D eigenvalue weighted by Crippen LogP contribution is 2.13. The van der Waals surface area contributed by atoms with Crippen molar-refractivity contribution in [3.63, 3.8) is 0 Å². The van der Waals surface area contributed by atoms with Crippen LogP contribution in [0.1, 0.15) is 22.8 Å². The van der Waals surface area contributed by atoms with Gasteiger partial charge in [0.15, 0.2) is 5.78 Å². The smallest absolute Gasteiger partial charge is 0.248 e. The summed E-state index contributed by atoms with van der Waals surface area (Å²) in [6.07, 6.45) is 2.90. The van der Waals surface area contributed by atoms with Gasteiger partial charge in [0.1, 0.15) is 0 Å². The molecule has 2 aromatic carbocycles. The Morgan fingerprint density at radius 3 is 2.32 bits per heavy atom. The van der Waals surface area contributed by atoms with Crippen molar-refractivity contribution in [2.75, 3.05) is 12.4 Å². The third-order valence-corrected chi connectivity index (χ3v) is 4.85. The minimum absolute atomic E-state index is 0.0803. The predicted octanol–water partition coefficient (Wildman–Crippen LogP) is 2.45. The Kier molecular flexibility index (Phi) is 5.84. The van der Waals surface area contributed by atoms with E-state index in [2.05, 4.69) is 10.0 Å². The minimum atomic E-state index is -3.48. The standard InChI is InChI=1S/C18H18N2O4S/c1-13(21)15-4-3-5-16(12-15)20-18(22)11-8-14-6-9-17(10-7-14)25(23,24)19-2/h3-12,19H,1-2H3,(H,20,22)/b11-8+. The van der Waals surface area contributed by atoms with E-state index in [-0.39, 0.29) is 16.6 Å². The molecule has 2 N–H and O–H groups in total. The number of amides is 1. The van der Waals surface area contributed by atoms with Gasteiger partial charge in [-0.1, -0.05) is 24.3 Å². The van der Waals surface area contributed by atoms with Gasteiger partial charge in [-0.3, -0.25) is 9.59 Å². The molecule has 7 heteroatoms. The maximum absolute atomic E-state index is 12.0. The highest BCUT2D eigenvalue weighted by atomic mass is 32.2. The molecule has 25 heavy (non-hydrogen) atoms. The van der Waals surface area contributed by atoms with Crippen LogP contribution in [0.4, 0.5) is 5.69 Å². The molecule has 0 saturated heterocycles. The van der Waals surface area contributed by atoms with Crippen LogP contribution in [0, 0.1) is 0 Å². The summed E-state index contributed by atoms with van der Waals surface area (Å²) < 4.78 is 25.5. The lowest BCUT2D eigenvalue weighted by molar-refractivity contribution is -0.111. The summed E-state index contributed by atoms with van der Waals surface area (Å²) >= 11 is 0. The molecular formula is C18H18N2O4S. The zero-order valence-corrected chi connectivity index (χ0v) is 14.6. The Labute approximate surface area is 146 Å². The average Bonchev–Trinajstić information content (AvgIpc) is 2.60. The zero-order valence-electron chi connectivity index (χ0n) is 13.8. The van der Waals surface area contributed by atoms with Crippen molar-refractivity contribution in [1.29, 1.82) is 0 Å². The predicted molar refractivity (Wildman–Crippen MR) is 96.8 cm³/mol. The Hall–Kier alpha value is -2.77. The van der Waals surface area contributed by atoms with Crippen LogP contribution in [-0.4, -0.2) is 27.2 Å². The van der Waals surface area contributed by atoms with Gasteiger partial charge in [0.25, 0.3) is 0 Å². The molecule has 0 radical (unpaired) electrons. The van der Waals surface area contributed by atoms with Gasteiger partial charge in [-0.25, -0.2) is 13.1 Å². The molecule has 0 aliphatic rings. The summed E-state index contributed by atoms with van der Waals surface area (Å²) in [6.45, 7) is 1.46. The largest absolute Gasteiger partial charge is 0.322 e. The van der Waals surface area contributed by atoms with E-state index in [4.69, 9.17) is 0 Å². The first kappa shape index (κ1) is 18.6. The first-order chi connectivity index (χ1) is 11.8. The van der Waals surface area contributed by atoms with Gasteiger partial charge in [-0.05, 0) is 49.9 Å². The second-order valence-electron chi connectivity index (χ2n) is 5.24. The molecule has 0 unspecified atom stereocenters. The number of benzene rings is 2. The number of hydrogen-bond donors (Lipinski definition) is 2. The quantitative estimate of drug-likeness (QED) is 0.613. The van der Waals surface area contributed by atoms with E-state index in [9.17, 15) is 18.0 Å². The first-order valence-electron chi connectivity index (χ1n) is 7.45. The van der Waals surface area contributed by atoms with Crippen LogP contribution < -0.4 is 10.0 Å². The van der Waals surface area contributed by atoms with Crippen LogP contribution in [0.15, 0.2) is 59.5 Å². The number of sulfonamides is 1. The molecule has 0 aromatic heterocycles. The van der Waals surface area contributed by atoms with E-state index in [0.29, 0.717) is 16.8 Å². The molecule has 0 bridgehead atoms. The topological polar surface area (TPSA) is 92.3 Å². The fraction of sp³-hybridized carbons (Fsp3) is 0.111. The number of nitrogens with one attached hydrogen (secondary N) is 2. The molecule has 0 saturated carbocycles. The van der Waals surface area contributed by atoms with Crippen molar-refractivity contribution in [2.24, 2.45) is 0 Å². The molecule has 0 spiro atoms. The lowest BCUT2D eigenvalue weighted by atomic mass is 10.1. The van der Waals surface area contributed by atoms with Gasteiger partial charge >= 0.3 is 0 Å². The Bertz CT molecular complexity index is 916. The summed E-state index contributed by atoms with van der Waals surface area (Å²) in [7, 11) is -2.14. The molecular weight excluding hydrogens is 340 g/mol.